The smallest absolute Gasteiger partial charge is 0.226 e. The fourth-order valence-electron chi connectivity index (χ4n) is 2.47. The summed E-state index contributed by atoms with van der Waals surface area (Å²) in [4.78, 5) is 12.1. The molecule has 2 saturated heterocycles. The lowest BCUT2D eigenvalue weighted by atomic mass is 10.2. The fourth-order valence-corrected chi connectivity index (χ4v) is 2.64. The van der Waals surface area contributed by atoms with Crippen LogP contribution in [-0.2, 0) is 9.47 Å². The highest BCUT2D eigenvalue weighted by Crippen LogP contribution is 2.45. The molecule has 0 aromatic carbocycles. The van der Waals surface area contributed by atoms with E-state index in [1.54, 1.807) is 10.9 Å². The van der Waals surface area contributed by atoms with Crippen molar-refractivity contribution in [3.8, 4) is 0 Å². The maximum Gasteiger partial charge on any atom is 0.226 e. The maximum atomic E-state index is 9.18. The monoisotopic (exact) mass is 283 g/mol. The molecule has 2 fully saturated rings. The van der Waals surface area contributed by atoms with Gasteiger partial charge in [-0.05, 0) is 11.6 Å². The minimum atomic E-state index is -0.377. The number of halogens is 1. The summed E-state index contributed by atoms with van der Waals surface area (Å²) in [5, 5.41) is 9.24. The molecule has 8 nitrogen and oxygen atoms in total. The van der Waals surface area contributed by atoms with Crippen molar-refractivity contribution in [2.75, 3.05) is 12.3 Å². The molecule has 100 valence electrons. The molecule has 4 atom stereocenters. The molecule has 2 aromatic rings. The molecule has 0 amide bonds. The molecule has 0 saturated carbocycles. The van der Waals surface area contributed by atoms with Crippen LogP contribution >= 0.6 is 11.6 Å². The fraction of sp³-hybridized carbons (Fsp3) is 0.500. The van der Waals surface area contributed by atoms with E-state index in [1.807, 2.05) is 0 Å². The summed E-state index contributed by atoms with van der Waals surface area (Å²) in [6, 6.07) is 0. The Morgan fingerprint density at radius 1 is 1.37 bits per heavy atom. The molecular weight excluding hydrogens is 274 g/mol. The molecule has 2 aliphatic rings. The standard InChI is InChI=1S/C10H10ClN5O3/c11-10-14-7(12)4-8(15-10)16(2-13-4)9-6-5(19-6)3(1-17)18-9/h2-3,5-6,9,17H,1H2,(H2,12,14,15)/t3-,5+,6+,9-/m1/s1. The van der Waals surface area contributed by atoms with Crippen molar-refractivity contribution in [2.24, 2.45) is 0 Å². The van der Waals surface area contributed by atoms with Gasteiger partial charge in [-0.25, -0.2) is 4.98 Å². The molecule has 0 spiro atoms. The van der Waals surface area contributed by atoms with Crippen LogP contribution in [0.4, 0.5) is 5.82 Å². The summed E-state index contributed by atoms with van der Waals surface area (Å²) in [5.74, 6) is 0.221. The summed E-state index contributed by atoms with van der Waals surface area (Å²) in [6.07, 6.45) is 0.709. The molecular formula is C10H10ClN5O3. The number of epoxide rings is 1. The second-order valence-corrected chi connectivity index (χ2v) is 4.85. The number of ether oxygens (including phenoxy) is 2. The molecule has 3 N–H and O–H groups in total. The zero-order chi connectivity index (χ0) is 13.1. The number of anilines is 1. The number of hydrogen-bond acceptors (Lipinski definition) is 7. The average molecular weight is 284 g/mol. The van der Waals surface area contributed by atoms with Gasteiger partial charge in [0.25, 0.3) is 0 Å². The van der Waals surface area contributed by atoms with Crippen LogP contribution in [-0.4, -0.2) is 49.5 Å². The third-order valence-electron chi connectivity index (χ3n) is 3.40. The highest BCUT2D eigenvalue weighted by atomic mass is 35.5. The SMILES string of the molecule is Nc1nc(Cl)nc2c1ncn2[C@@H]1O[C@H](CO)[C@@H]2O[C@@H]21. The number of imidazole rings is 1. The van der Waals surface area contributed by atoms with E-state index in [0.717, 1.165) is 0 Å². The van der Waals surface area contributed by atoms with Crippen LogP contribution in [0.5, 0.6) is 0 Å². The van der Waals surface area contributed by atoms with Crippen LogP contribution in [0.1, 0.15) is 6.23 Å². The van der Waals surface area contributed by atoms with Crippen LogP contribution in [0.25, 0.3) is 11.2 Å². The van der Waals surface area contributed by atoms with Crippen molar-refractivity contribution in [3.05, 3.63) is 11.6 Å². The first-order valence-electron chi connectivity index (χ1n) is 5.76. The Hall–Kier alpha value is -1.48. The zero-order valence-electron chi connectivity index (χ0n) is 9.60. The second kappa shape index (κ2) is 3.76. The number of nitrogens with zero attached hydrogens (tertiary/aromatic N) is 4. The van der Waals surface area contributed by atoms with E-state index >= 15 is 0 Å². The number of nitrogen functional groups attached to an aromatic ring is 1. The van der Waals surface area contributed by atoms with E-state index in [1.165, 1.54) is 0 Å². The van der Waals surface area contributed by atoms with Crippen molar-refractivity contribution < 1.29 is 14.6 Å². The Kier molecular flexibility index (Phi) is 2.25. The van der Waals surface area contributed by atoms with Crippen molar-refractivity contribution >= 4 is 28.6 Å². The highest BCUT2D eigenvalue weighted by Gasteiger charge is 2.58. The lowest BCUT2D eigenvalue weighted by Crippen LogP contribution is -2.22. The van der Waals surface area contributed by atoms with Gasteiger partial charge in [0, 0.05) is 0 Å². The van der Waals surface area contributed by atoms with Gasteiger partial charge >= 0.3 is 0 Å². The van der Waals surface area contributed by atoms with Gasteiger partial charge in [-0.1, -0.05) is 0 Å². The third kappa shape index (κ3) is 1.54. The van der Waals surface area contributed by atoms with Gasteiger partial charge in [0.2, 0.25) is 5.28 Å². The number of rotatable bonds is 2. The summed E-state index contributed by atoms with van der Waals surface area (Å²) in [5.41, 5.74) is 6.71. The summed E-state index contributed by atoms with van der Waals surface area (Å²) < 4.78 is 12.9. The normalized spacial score (nSPS) is 32.7. The molecule has 0 unspecified atom stereocenters. The molecule has 19 heavy (non-hydrogen) atoms. The van der Waals surface area contributed by atoms with Gasteiger partial charge in [0.05, 0.1) is 12.9 Å². The minimum Gasteiger partial charge on any atom is -0.394 e. The number of aliphatic hydroxyl groups is 1. The summed E-state index contributed by atoms with van der Waals surface area (Å²) in [6.45, 7) is -0.0812. The van der Waals surface area contributed by atoms with Crippen molar-refractivity contribution in [2.45, 2.75) is 24.5 Å². The quantitative estimate of drug-likeness (QED) is 0.576. The lowest BCUT2D eigenvalue weighted by Gasteiger charge is -2.17. The first-order chi connectivity index (χ1) is 9.19. The van der Waals surface area contributed by atoms with Gasteiger partial charge in [-0.2, -0.15) is 9.97 Å². The van der Waals surface area contributed by atoms with E-state index in [9.17, 15) is 5.11 Å². The van der Waals surface area contributed by atoms with E-state index < -0.39 is 0 Å². The summed E-state index contributed by atoms with van der Waals surface area (Å²) in [7, 11) is 0. The van der Waals surface area contributed by atoms with Gasteiger partial charge in [-0.3, -0.25) is 4.57 Å². The molecule has 0 aliphatic carbocycles. The number of aromatic nitrogens is 4. The number of aliphatic hydroxyl groups excluding tert-OH is 1. The Bertz CT molecular complexity index is 662. The van der Waals surface area contributed by atoms with Crippen molar-refractivity contribution in [3.63, 3.8) is 0 Å². The Labute approximate surface area is 112 Å². The number of nitrogens with two attached hydrogens (primary N) is 1. The summed E-state index contributed by atoms with van der Waals surface area (Å²) >= 11 is 5.81. The van der Waals surface area contributed by atoms with Gasteiger partial charge in [-0.15, -0.1) is 0 Å². The van der Waals surface area contributed by atoms with E-state index in [4.69, 9.17) is 26.8 Å². The highest BCUT2D eigenvalue weighted by molar-refractivity contribution is 6.28. The van der Waals surface area contributed by atoms with E-state index in [2.05, 4.69) is 15.0 Å². The predicted octanol–water partition coefficient (Wildman–Crippen LogP) is -0.281. The van der Waals surface area contributed by atoms with Crippen molar-refractivity contribution in [1.82, 2.24) is 19.5 Å². The molecule has 0 radical (unpaired) electrons. The first kappa shape index (κ1) is 11.4. The molecule has 9 heteroatoms. The predicted molar refractivity (Wildman–Crippen MR) is 64.4 cm³/mol. The molecule has 2 aromatic heterocycles. The topological polar surface area (TPSA) is 112 Å². The van der Waals surface area contributed by atoms with Crippen LogP contribution in [0.15, 0.2) is 6.33 Å². The van der Waals surface area contributed by atoms with Crippen LogP contribution in [0.3, 0.4) is 0 Å². The number of hydrogen-bond donors (Lipinski definition) is 2. The maximum absolute atomic E-state index is 9.18. The number of fused-ring (bicyclic) bond motifs is 2. The van der Waals surface area contributed by atoms with Crippen LogP contribution < -0.4 is 5.73 Å². The largest absolute Gasteiger partial charge is 0.394 e. The first-order valence-corrected chi connectivity index (χ1v) is 6.14. The van der Waals surface area contributed by atoms with Crippen LogP contribution in [0, 0.1) is 0 Å². The van der Waals surface area contributed by atoms with E-state index in [0.29, 0.717) is 11.2 Å². The molecule has 0 bridgehead atoms. The molecule has 2 aliphatic heterocycles. The van der Waals surface area contributed by atoms with Gasteiger partial charge in [0.1, 0.15) is 23.8 Å². The van der Waals surface area contributed by atoms with Gasteiger partial charge < -0.3 is 20.3 Å². The lowest BCUT2D eigenvalue weighted by molar-refractivity contribution is -0.0823. The van der Waals surface area contributed by atoms with Crippen LogP contribution in [0.2, 0.25) is 5.28 Å². The molecule has 4 rings (SSSR count). The van der Waals surface area contributed by atoms with Crippen molar-refractivity contribution in [1.29, 1.82) is 0 Å². The zero-order valence-corrected chi connectivity index (χ0v) is 10.4. The third-order valence-corrected chi connectivity index (χ3v) is 3.57. The Morgan fingerprint density at radius 2 is 2.21 bits per heavy atom. The Morgan fingerprint density at radius 3 is 2.95 bits per heavy atom. The Balaban J connectivity index is 1.80. The second-order valence-electron chi connectivity index (χ2n) is 4.51. The average Bonchev–Trinajstić information content (AvgIpc) is 2.91. The molecule has 4 heterocycles. The van der Waals surface area contributed by atoms with E-state index in [-0.39, 0.29) is 42.2 Å². The minimum absolute atomic E-state index is 0.0525. The van der Waals surface area contributed by atoms with Gasteiger partial charge in [0.15, 0.2) is 17.7 Å².